The molecule has 2 rings (SSSR count). The Balaban J connectivity index is 2.75. The summed E-state index contributed by atoms with van der Waals surface area (Å²) in [5.74, 6) is 0.164. The van der Waals surface area contributed by atoms with Crippen LogP contribution in [0.5, 0.6) is 0 Å². The van der Waals surface area contributed by atoms with Crippen LogP contribution in [0, 0.1) is 0 Å². The minimum absolute atomic E-state index is 0.164. The van der Waals surface area contributed by atoms with Gasteiger partial charge in [0.15, 0.2) is 11.9 Å². The third-order valence-electron chi connectivity index (χ3n) is 1.42. The molecule has 0 unspecified atom stereocenters. The van der Waals surface area contributed by atoms with Gasteiger partial charge in [0.2, 0.25) is 5.82 Å². The third-order valence-corrected chi connectivity index (χ3v) is 1.64. The van der Waals surface area contributed by atoms with Gasteiger partial charge in [-0.2, -0.15) is 0 Å². The Kier molecular flexibility index (Phi) is 1.55. The first-order valence-corrected chi connectivity index (χ1v) is 3.64. The Morgan fingerprint density at radius 1 is 1.50 bits per heavy atom. The van der Waals surface area contributed by atoms with Crippen LogP contribution >= 0.6 is 11.6 Å². The van der Waals surface area contributed by atoms with E-state index in [0.717, 1.165) is 0 Å². The lowest BCUT2D eigenvalue weighted by Gasteiger charge is -1.89. The minimum atomic E-state index is 0.164. The highest BCUT2D eigenvalue weighted by Gasteiger charge is 2.00. The number of halogens is 1. The number of rotatable bonds is 1. The average Bonchev–Trinajstić information content (AvgIpc) is 2.46. The van der Waals surface area contributed by atoms with Gasteiger partial charge in [-0.1, -0.05) is 11.6 Å². The van der Waals surface area contributed by atoms with Gasteiger partial charge in [0.05, 0.1) is 5.02 Å². The Labute approximate surface area is 72.8 Å². The highest BCUT2D eigenvalue weighted by molar-refractivity contribution is 6.30. The summed E-state index contributed by atoms with van der Waals surface area (Å²) in [6, 6.07) is 3.39. The number of pyridine rings is 1. The van der Waals surface area contributed by atoms with Crippen molar-refractivity contribution < 1.29 is 4.79 Å². The lowest BCUT2D eigenvalue weighted by atomic mass is 10.5. The fourth-order valence-corrected chi connectivity index (χ4v) is 1.08. The zero-order chi connectivity index (χ0) is 8.55. The molecule has 60 valence electrons. The van der Waals surface area contributed by atoms with E-state index >= 15 is 0 Å². The van der Waals surface area contributed by atoms with Gasteiger partial charge in [0, 0.05) is 6.20 Å². The fraction of sp³-hybridized carbons (Fsp3) is 0. The molecule has 4 nitrogen and oxygen atoms in total. The molecule has 12 heavy (non-hydrogen) atoms. The van der Waals surface area contributed by atoms with Gasteiger partial charge in [-0.25, -0.2) is 9.50 Å². The summed E-state index contributed by atoms with van der Waals surface area (Å²) in [4.78, 5) is 14.2. The summed E-state index contributed by atoms with van der Waals surface area (Å²) in [7, 11) is 0. The molecule has 0 radical (unpaired) electrons. The van der Waals surface area contributed by atoms with Crippen molar-refractivity contribution in [2.75, 3.05) is 0 Å². The Morgan fingerprint density at radius 2 is 2.33 bits per heavy atom. The van der Waals surface area contributed by atoms with Crippen molar-refractivity contribution in [2.24, 2.45) is 0 Å². The number of hydrogen-bond donors (Lipinski definition) is 0. The number of carbonyl (C=O) groups is 1. The monoisotopic (exact) mass is 181 g/mol. The van der Waals surface area contributed by atoms with E-state index in [1.807, 2.05) is 0 Å². The second-order valence-corrected chi connectivity index (χ2v) is 2.67. The third kappa shape index (κ3) is 1.06. The summed E-state index contributed by atoms with van der Waals surface area (Å²) in [6.07, 6.45) is 2.19. The Bertz CT molecular complexity index is 437. The molecule has 2 aromatic rings. The highest BCUT2D eigenvalue weighted by Crippen LogP contribution is 2.08. The summed E-state index contributed by atoms with van der Waals surface area (Å²) < 4.78 is 1.46. The van der Waals surface area contributed by atoms with Crippen molar-refractivity contribution in [1.82, 2.24) is 14.6 Å². The molecule has 0 saturated heterocycles. The van der Waals surface area contributed by atoms with E-state index < -0.39 is 0 Å². The molecule has 0 atom stereocenters. The van der Waals surface area contributed by atoms with Gasteiger partial charge in [-0.15, -0.1) is 5.10 Å². The second-order valence-electron chi connectivity index (χ2n) is 2.24. The van der Waals surface area contributed by atoms with Crippen LogP contribution in [0.3, 0.4) is 0 Å². The predicted octanol–water partition coefficient (Wildman–Crippen LogP) is 1.20. The normalized spacial score (nSPS) is 10.4. The van der Waals surface area contributed by atoms with Gasteiger partial charge in [0.25, 0.3) is 0 Å². The molecule has 2 aromatic heterocycles. The van der Waals surface area contributed by atoms with Crippen LogP contribution in [-0.2, 0) is 0 Å². The number of carbonyl (C=O) groups excluding carboxylic acids is 1. The van der Waals surface area contributed by atoms with Gasteiger partial charge in [-0.05, 0) is 12.1 Å². The van der Waals surface area contributed by atoms with Crippen LogP contribution in [0.4, 0.5) is 0 Å². The number of aldehydes is 1. The first-order valence-electron chi connectivity index (χ1n) is 3.27. The maximum absolute atomic E-state index is 10.3. The number of nitrogens with zero attached hydrogens (tertiary/aromatic N) is 3. The van der Waals surface area contributed by atoms with E-state index in [1.165, 1.54) is 4.52 Å². The van der Waals surface area contributed by atoms with E-state index in [4.69, 9.17) is 11.6 Å². The molecule has 0 aromatic carbocycles. The lowest BCUT2D eigenvalue weighted by Crippen LogP contribution is -1.86. The number of aromatic nitrogens is 3. The van der Waals surface area contributed by atoms with E-state index in [9.17, 15) is 4.79 Å². The number of hydrogen-bond acceptors (Lipinski definition) is 3. The minimum Gasteiger partial charge on any atom is -0.294 e. The molecule has 0 bridgehead atoms. The first-order chi connectivity index (χ1) is 5.79. The maximum atomic E-state index is 10.3. The van der Waals surface area contributed by atoms with Gasteiger partial charge in [0.1, 0.15) is 0 Å². The van der Waals surface area contributed by atoms with Gasteiger partial charge >= 0.3 is 0 Å². The molecule has 0 N–H and O–H groups in total. The topological polar surface area (TPSA) is 47.3 Å². The molecular formula is C7H4ClN3O. The van der Waals surface area contributed by atoms with Crippen LogP contribution in [0.25, 0.3) is 5.65 Å². The first kappa shape index (κ1) is 7.24. The largest absolute Gasteiger partial charge is 0.294 e. The van der Waals surface area contributed by atoms with Crippen molar-refractivity contribution in [3.63, 3.8) is 0 Å². The van der Waals surface area contributed by atoms with Crippen molar-refractivity contribution >= 4 is 23.5 Å². The molecule has 0 spiro atoms. The van der Waals surface area contributed by atoms with Gasteiger partial charge < -0.3 is 0 Å². The highest BCUT2D eigenvalue weighted by atomic mass is 35.5. The SMILES string of the molecule is O=Cc1nc2ccc(Cl)cn2n1. The zero-order valence-electron chi connectivity index (χ0n) is 5.94. The zero-order valence-corrected chi connectivity index (χ0v) is 6.69. The molecule has 0 saturated carbocycles. The summed E-state index contributed by atoms with van der Waals surface area (Å²) in [6.45, 7) is 0. The quantitative estimate of drug-likeness (QED) is 0.621. The Morgan fingerprint density at radius 3 is 3.08 bits per heavy atom. The molecule has 5 heteroatoms. The molecule has 2 heterocycles. The van der Waals surface area contributed by atoms with Crippen LogP contribution in [0.15, 0.2) is 18.3 Å². The molecule has 0 amide bonds. The molecule has 0 fully saturated rings. The fourth-order valence-electron chi connectivity index (χ4n) is 0.925. The second kappa shape index (κ2) is 2.57. The summed E-state index contributed by atoms with van der Waals surface area (Å²) in [5.41, 5.74) is 0.613. The van der Waals surface area contributed by atoms with E-state index in [2.05, 4.69) is 10.1 Å². The summed E-state index contributed by atoms with van der Waals surface area (Å²) in [5, 5.41) is 4.41. The van der Waals surface area contributed by atoms with Crippen LogP contribution in [-0.4, -0.2) is 20.9 Å². The predicted molar refractivity (Wildman–Crippen MR) is 43.4 cm³/mol. The molecule has 0 aliphatic carbocycles. The molecule has 0 aliphatic heterocycles. The van der Waals surface area contributed by atoms with Crippen molar-refractivity contribution in [3.05, 3.63) is 29.2 Å². The smallest absolute Gasteiger partial charge is 0.214 e. The average molecular weight is 182 g/mol. The van der Waals surface area contributed by atoms with Crippen LogP contribution < -0.4 is 0 Å². The van der Waals surface area contributed by atoms with Crippen molar-refractivity contribution in [1.29, 1.82) is 0 Å². The number of fused-ring (bicyclic) bond motifs is 1. The van der Waals surface area contributed by atoms with E-state index in [1.54, 1.807) is 18.3 Å². The van der Waals surface area contributed by atoms with Crippen molar-refractivity contribution in [3.8, 4) is 0 Å². The molecular weight excluding hydrogens is 178 g/mol. The lowest BCUT2D eigenvalue weighted by molar-refractivity contribution is 0.111. The standard InChI is InChI=1S/C7H4ClN3O/c8-5-1-2-7-9-6(4-12)10-11(7)3-5/h1-4H. The van der Waals surface area contributed by atoms with Gasteiger partial charge in [-0.3, -0.25) is 4.79 Å². The maximum Gasteiger partial charge on any atom is 0.214 e. The van der Waals surface area contributed by atoms with E-state index in [-0.39, 0.29) is 5.82 Å². The van der Waals surface area contributed by atoms with Crippen LogP contribution in [0.2, 0.25) is 5.02 Å². The van der Waals surface area contributed by atoms with Crippen LogP contribution in [0.1, 0.15) is 10.6 Å². The van der Waals surface area contributed by atoms with E-state index in [0.29, 0.717) is 17.0 Å². The summed E-state index contributed by atoms with van der Waals surface area (Å²) >= 11 is 5.69. The Hall–Kier alpha value is -1.42. The van der Waals surface area contributed by atoms with Crippen molar-refractivity contribution in [2.45, 2.75) is 0 Å². The molecule has 0 aliphatic rings.